The van der Waals surface area contributed by atoms with Crippen LogP contribution in [-0.4, -0.2) is 25.2 Å². The van der Waals surface area contributed by atoms with Gasteiger partial charge in [0.15, 0.2) is 11.5 Å². The normalized spacial score (nSPS) is 10.3. The predicted molar refractivity (Wildman–Crippen MR) is 101 cm³/mol. The van der Waals surface area contributed by atoms with Gasteiger partial charge in [0.2, 0.25) is 0 Å². The number of hydrogen-bond acceptors (Lipinski definition) is 5. The molecule has 1 aromatic carbocycles. The zero-order valence-electron chi connectivity index (χ0n) is 15.2. The minimum Gasteiger partial charge on any atom is -0.493 e. The summed E-state index contributed by atoms with van der Waals surface area (Å²) in [4.78, 5) is 16.4. The van der Waals surface area contributed by atoms with E-state index in [0.29, 0.717) is 24.6 Å². The average molecular weight is 367 g/mol. The van der Waals surface area contributed by atoms with Gasteiger partial charge in [-0.1, -0.05) is 12.1 Å². The number of hydrogen-bond donors (Lipinski definition) is 2. The van der Waals surface area contributed by atoms with E-state index in [9.17, 15) is 4.79 Å². The van der Waals surface area contributed by atoms with Gasteiger partial charge < -0.3 is 24.5 Å². The van der Waals surface area contributed by atoms with E-state index in [0.717, 1.165) is 22.4 Å². The van der Waals surface area contributed by atoms with Crippen molar-refractivity contribution in [3.63, 3.8) is 0 Å². The van der Waals surface area contributed by atoms with Crippen LogP contribution in [0.5, 0.6) is 11.5 Å². The van der Waals surface area contributed by atoms with Gasteiger partial charge in [-0.25, -0.2) is 4.79 Å². The fourth-order valence-corrected chi connectivity index (χ4v) is 2.53. The zero-order chi connectivity index (χ0) is 19.1. The first-order chi connectivity index (χ1) is 13.2. The van der Waals surface area contributed by atoms with Gasteiger partial charge in [-0.15, -0.1) is 0 Å². The van der Waals surface area contributed by atoms with Crippen LogP contribution >= 0.6 is 0 Å². The highest BCUT2D eigenvalue weighted by Crippen LogP contribution is 2.27. The molecule has 0 aliphatic carbocycles. The van der Waals surface area contributed by atoms with E-state index in [-0.39, 0.29) is 6.03 Å². The lowest BCUT2D eigenvalue weighted by Crippen LogP contribution is -2.34. The van der Waals surface area contributed by atoms with Gasteiger partial charge in [-0.3, -0.25) is 4.98 Å². The molecule has 7 heteroatoms. The van der Waals surface area contributed by atoms with Crippen LogP contribution in [0.25, 0.3) is 11.3 Å². The Morgan fingerprint density at radius 1 is 1.00 bits per heavy atom. The van der Waals surface area contributed by atoms with Gasteiger partial charge >= 0.3 is 6.03 Å². The summed E-state index contributed by atoms with van der Waals surface area (Å²) >= 11 is 0. The fraction of sp³-hybridized carbons (Fsp3) is 0.200. The molecule has 0 fully saturated rings. The minimum absolute atomic E-state index is 0.260. The number of nitrogens with zero attached hydrogens (tertiary/aromatic N) is 1. The molecule has 0 unspecified atom stereocenters. The first kappa shape index (κ1) is 18.3. The fourth-order valence-electron chi connectivity index (χ4n) is 2.53. The summed E-state index contributed by atoms with van der Waals surface area (Å²) < 4.78 is 15.5. The second kappa shape index (κ2) is 8.75. The number of aromatic nitrogens is 1. The Bertz CT molecular complexity index is 877. The van der Waals surface area contributed by atoms with Gasteiger partial charge in [-0.05, 0) is 35.4 Å². The van der Waals surface area contributed by atoms with E-state index in [1.54, 1.807) is 39.0 Å². The molecular formula is C20H21N3O4. The molecular weight excluding hydrogens is 346 g/mol. The number of methoxy groups -OCH3 is 2. The third-order valence-electron chi connectivity index (χ3n) is 4.00. The molecule has 2 heterocycles. The highest BCUT2D eigenvalue weighted by Gasteiger charge is 2.06. The molecule has 140 valence electrons. The lowest BCUT2D eigenvalue weighted by Gasteiger charge is -2.11. The summed E-state index contributed by atoms with van der Waals surface area (Å²) in [6, 6.07) is 10.9. The number of benzene rings is 1. The van der Waals surface area contributed by atoms with Crippen molar-refractivity contribution in [1.82, 2.24) is 15.6 Å². The maximum Gasteiger partial charge on any atom is 0.315 e. The Morgan fingerprint density at radius 2 is 1.74 bits per heavy atom. The molecule has 2 N–H and O–H groups in total. The minimum atomic E-state index is -0.260. The van der Waals surface area contributed by atoms with Crippen LogP contribution in [0.15, 0.2) is 59.5 Å². The van der Waals surface area contributed by atoms with Gasteiger partial charge in [0.25, 0.3) is 0 Å². The molecule has 0 aliphatic heterocycles. The van der Waals surface area contributed by atoms with Crippen molar-refractivity contribution in [2.45, 2.75) is 13.1 Å². The van der Waals surface area contributed by atoms with Crippen molar-refractivity contribution in [3.8, 4) is 22.8 Å². The smallest absolute Gasteiger partial charge is 0.315 e. The van der Waals surface area contributed by atoms with Crippen LogP contribution in [-0.2, 0) is 13.1 Å². The second-order valence-corrected chi connectivity index (χ2v) is 5.79. The second-order valence-electron chi connectivity index (χ2n) is 5.79. The summed E-state index contributed by atoms with van der Waals surface area (Å²) in [5.74, 6) is 1.28. The Hall–Kier alpha value is -3.48. The lowest BCUT2D eigenvalue weighted by molar-refractivity contribution is 0.240. The van der Waals surface area contributed by atoms with Crippen LogP contribution in [0, 0.1) is 0 Å². The van der Waals surface area contributed by atoms with Crippen LogP contribution in [0.2, 0.25) is 0 Å². The van der Waals surface area contributed by atoms with Gasteiger partial charge in [0.1, 0.15) is 0 Å². The maximum absolute atomic E-state index is 12.0. The summed E-state index contributed by atoms with van der Waals surface area (Å²) in [6.07, 6.45) is 4.98. The predicted octanol–water partition coefficient (Wildman–Crippen LogP) is 3.36. The van der Waals surface area contributed by atoms with Crippen molar-refractivity contribution in [1.29, 1.82) is 0 Å². The van der Waals surface area contributed by atoms with E-state index >= 15 is 0 Å². The number of rotatable bonds is 7. The Morgan fingerprint density at radius 3 is 2.37 bits per heavy atom. The zero-order valence-corrected chi connectivity index (χ0v) is 15.2. The molecule has 0 saturated heterocycles. The number of furan rings is 1. The number of carbonyl (C=O) groups excluding carboxylic acids is 1. The summed E-state index contributed by atoms with van der Waals surface area (Å²) in [6.45, 7) is 0.764. The molecule has 0 aliphatic rings. The number of nitrogens with one attached hydrogen (secondary N) is 2. The van der Waals surface area contributed by atoms with Crippen LogP contribution in [0.3, 0.4) is 0 Å². The van der Waals surface area contributed by atoms with Gasteiger partial charge in [-0.2, -0.15) is 0 Å². The van der Waals surface area contributed by atoms with E-state index in [1.165, 1.54) is 0 Å². The van der Waals surface area contributed by atoms with Crippen LogP contribution in [0.4, 0.5) is 4.79 Å². The molecule has 0 bridgehead atoms. The van der Waals surface area contributed by atoms with E-state index in [4.69, 9.17) is 13.9 Å². The van der Waals surface area contributed by atoms with Gasteiger partial charge in [0, 0.05) is 24.8 Å². The monoisotopic (exact) mass is 367 g/mol. The number of pyridine rings is 1. The van der Waals surface area contributed by atoms with Crippen LogP contribution < -0.4 is 20.1 Å². The number of urea groups is 1. The summed E-state index contributed by atoms with van der Waals surface area (Å²) in [5, 5.41) is 5.62. The molecule has 3 aromatic rings. The Kier molecular flexibility index (Phi) is 5.94. The lowest BCUT2D eigenvalue weighted by atomic mass is 10.2. The van der Waals surface area contributed by atoms with Crippen molar-refractivity contribution in [2.75, 3.05) is 14.2 Å². The van der Waals surface area contributed by atoms with Crippen molar-refractivity contribution < 1.29 is 18.7 Å². The number of carbonyl (C=O) groups is 1. The number of ether oxygens (including phenoxy) is 2. The standard InChI is InChI=1S/C20H21N3O4/c1-25-18-6-4-14(9-19(18)26-2)10-22-20(24)23-12-15-3-5-17(21-11-15)16-7-8-27-13-16/h3-9,11,13H,10,12H2,1-2H3,(H2,22,23,24). The SMILES string of the molecule is COc1ccc(CNC(=O)NCc2ccc(-c3ccoc3)nc2)cc1OC. The molecule has 2 aromatic heterocycles. The molecule has 0 saturated carbocycles. The largest absolute Gasteiger partial charge is 0.493 e. The van der Waals surface area contributed by atoms with Crippen molar-refractivity contribution >= 4 is 6.03 Å². The van der Waals surface area contributed by atoms with E-state index in [2.05, 4.69) is 15.6 Å². The third-order valence-corrected chi connectivity index (χ3v) is 4.00. The molecule has 27 heavy (non-hydrogen) atoms. The van der Waals surface area contributed by atoms with Gasteiger partial charge in [0.05, 0.1) is 32.4 Å². The first-order valence-corrected chi connectivity index (χ1v) is 8.39. The molecule has 0 atom stereocenters. The molecule has 0 radical (unpaired) electrons. The first-order valence-electron chi connectivity index (χ1n) is 8.39. The quantitative estimate of drug-likeness (QED) is 0.669. The highest BCUT2D eigenvalue weighted by atomic mass is 16.5. The Balaban J connectivity index is 1.48. The average Bonchev–Trinajstić information content (AvgIpc) is 3.25. The van der Waals surface area contributed by atoms with E-state index < -0.39 is 0 Å². The van der Waals surface area contributed by atoms with E-state index in [1.807, 2.05) is 30.3 Å². The van der Waals surface area contributed by atoms with Crippen LogP contribution in [0.1, 0.15) is 11.1 Å². The molecule has 2 amide bonds. The summed E-state index contributed by atoms with van der Waals surface area (Å²) in [7, 11) is 3.16. The number of amides is 2. The molecule has 7 nitrogen and oxygen atoms in total. The highest BCUT2D eigenvalue weighted by molar-refractivity contribution is 5.73. The Labute approximate surface area is 157 Å². The molecule has 3 rings (SSSR count). The summed E-state index contributed by atoms with van der Waals surface area (Å²) in [5.41, 5.74) is 3.56. The molecule has 0 spiro atoms. The maximum atomic E-state index is 12.0. The van der Waals surface area contributed by atoms with Crippen molar-refractivity contribution in [3.05, 3.63) is 66.2 Å². The van der Waals surface area contributed by atoms with Crippen molar-refractivity contribution in [2.24, 2.45) is 0 Å². The topological polar surface area (TPSA) is 85.6 Å². The third kappa shape index (κ3) is 4.78.